The third kappa shape index (κ3) is 6.06. The standard InChI is InChI=1S/C24H32N8O4/c1-4-16(26-21(33)22(34)31(2)3)7-6-12-36-24-28-20(17-8-5-9-19-18(17)15-25-30-19)27-23(29-24)32-10-13-35-14-11-32/h5,8-9,15-16H,4,6-7,10-14H2,1-3H3,(H,25,30)(H,26,33)/t16-/m1/s1. The molecular weight excluding hydrogens is 464 g/mol. The number of rotatable bonds is 9. The average molecular weight is 497 g/mol. The van der Waals surface area contributed by atoms with Gasteiger partial charge in [0.1, 0.15) is 0 Å². The maximum atomic E-state index is 12.1. The fourth-order valence-corrected chi connectivity index (χ4v) is 3.92. The fourth-order valence-electron chi connectivity index (χ4n) is 3.92. The van der Waals surface area contributed by atoms with Crippen LogP contribution in [0.2, 0.25) is 0 Å². The van der Waals surface area contributed by atoms with Crippen LogP contribution in [-0.2, 0) is 14.3 Å². The van der Waals surface area contributed by atoms with E-state index in [0.29, 0.717) is 63.9 Å². The molecule has 0 radical (unpaired) electrons. The molecule has 1 fully saturated rings. The number of carbonyl (C=O) groups excluding carboxylic acids is 2. The SMILES string of the molecule is CC[C@H](CCCOc1nc(-c2cccc3[nH]ncc23)nc(N2CCOCC2)n1)NC(=O)C(=O)N(C)C. The van der Waals surface area contributed by atoms with E-state index in [1.807, 2.05) is 25.1 Å². The maximum absolute atomic E-state index is 12.1. The average Bonchev–Trinajstić information content (AvgIpc) is 3.39. The minimum atomic E-state index is -0.599. The Morgan fingerprint density at radius 3 is 2.78 bits per heavy atom. The summed E-state index contributed by atoms with van der Waals surface area (Å²) in [6.45, 7) is 4.90. The molecule has 4 rings (SSSR count). The molecule has 2 N–H and O–H groups in total. The minimum Gasteiger partial charge on any atom is -0.463 e. The zero-order valence-electron chi connectivity index (χ0n) is 20.9. The summed E-state index contributed by atoms with van der Waals surface area (Å²) in [6.07, 6.45) is 3.77. The Morgan fingerprint density at radius 2 is 2.03 bits per heavy atom. The predicted octanol–water partition coefficient (Wildman–Crippen LogP) is 1.39. The van der Waals surface area contributed by atoms with E-state index in [4.69, 9.17) is 14.5 Å². The number of anilines is 1. The number of benzene rings is 1. The molecule has 192 valence electrons. The lowest BCUT2D eigenvalue weighted by Gasteiger charge is -2.27. The second kappa shape index (κ2) is 11.8. The molecular formula is C24H32N8O4. The minimum absolute atomic E-state index is 0.124. The van der Waals surface area contributed by atoms with Crippen LogP contribution >= 0.6 is 0 Å². The molecule has 1 saturated heterocycles. The first kappa shape index (κ1) is 25.3. The van der Waals surface area contributed by atoms with Crippen LogP contribution in [-0.4, -0.2) is 94.9 Å². The molecule has 0 saturated carbocycles. The van der Waals surface area contributed by atoms with E-state index in [1.165, 1.54) is 4.90 Å². The van der Waals surface area contributed by atoms with Gasteiger partial charge in [0.15, 0.2) is 5.82 Å². The van der Waals surface area contributed by atoms with E-state index in [9.17, 15) is 9.59 Å². The lowest BCUT2D eigenvalue weighted by molar-refractivity contribution is -0.144. The third-order valence-electron chi connectivity index (χ3n) is 5.98. The highest BCUT2D eigenvalue weighted by atomic mass is 16.5. The molecule has 1 aliphatic heterocycles. The molecule has 1 aromatic carbocycles. The summed E-state index contributed by atoms with van der Waals surface area (Å²) in [6, 6.07) is 5.93. The van der Waals surface area contributed by atoms with Crippen LogP contribution in [0.5, 0.6) is 6.01 Å². The first-order chi connectivity index (χ1) is 17.5. The van der Waals surface area contributed by atoms with Gasteiger partial charge in [-0.05, 0) is 25.3 Å². The largest absolute Gasteiger partial charge is 0.463 e. The number of amides is 2. The normalized spacial score (nSPS) is 14.5. The highest BCUT2D eigenvalue weighted by molar-refractivity contribution is 6.34. The number of hydrogen-bond acceptors (Lipinski definition) is 9. The Morgan fingerprint density at radius 1 is 1.22 bits per heavy atom. The van der Waals surface area contributed by atoms with Crippen LogP contribution in [0.1, 0.15) is 26.2 Å². The number of carbonyl (C=O) groups is 2. The maximum Gasteiger partial charge on any atom is 0.321 e. The molecule has 2 amide bonds. The summed E-state index contributed by atoms with van der Waals surface area (Å²) in [4.78, 5) is 41.1. The molecule has 1 aliphatic rings. The van der Waals surface area contributed by atoms with Gasteiger partial charge in [-0.3, -0.25) is 14.7 Å². The van der Waals surface area contributed by atoms with Gasteiger partial charge in [0.25, 0.3) is 0 Å². The first-order valence-electron chi connectivity index (χ1n) is 12.1. The van der Waals surface area contributed by atoms with Gasteiger partial charge in [0.05, 0.1) is 31.5 Å². The van der Waals surface area contributed by atoms with Crippen molar-refractivity contribution in [1.82, 2.24) is 35.4 Å². The summed E-state index contributed by atoms with van der Waals surface area (Å²) in [5.74, 6) is -0.113. The lowest BCUT2D eigenvalue weighted by atomic mass is 10.1. The molecule has 0 spiro atoms. The third-order valence-corrected chi connectivity index (χ3v) is 5.98. The summed E-state index contributed by atoms with van der Waals surface area (Å²) in [5, 5.41) is 10.8. The number of aromatic amines is 1. The highest BCUT2D eigenvalue weighted by Gasteiger charge is 2.21. The second-order valence-electron chi connectivity index (χ2n) is 8.75. The van der Waals surface area contributed by atoms with E-state index in [1.54, 1.807) is 20.3 Å². The number of hydrogen-bond donors (Lipinski definition) is 2. The Hall–Kier alpha value is -3.80. The first-order valence-corrected chi connectivity index (χ1v) is 12.1. The van der Waals surface area contributed by atoms with Crippen molar-refractivity contribution in [3.05, 3.63) is 24.4 Å². The van der Waals surface area contributed by atoms with Crippen LogP contribution in [0.25, 0.3) is 22.3 Å². The fraction of sp³-hybridized carbons (Fsp3) is 0.500. The number of nitrogens with one attached hydrogen (secondary N) is 2. The molecule has 0 aliphatic carbocycles. The highest BCUT2D eigenvalue weighted by Crippen LogP contribution is 2.27. The molecule has 3 heterocycles. The van der Waals surface area contributed by atoms with E-state index in [2.05, 4.69) is 30.4 Å². The number of likely N-dealkylation sites (N-methyl/N-ethyl adjacent to an activating group) is 1. The molecule has 12 nitrogen and oxygen atoms in total. The van der Waals surface area contributed by atoms with Gasteiger partial charge in [-0.1, -0.05) is 19.1 Å². The summed E-state index contributed by atoms with van der Waals surface area (Å²) >= 11 is 0. The van der Waals surface area contributed by atoms with Crippen molar-refractivity contribution in [1.29, 1.82) is 0 Å². The van der Waals surface area contributed by atoms with E-state index < -0.39 is 11.8 Å². The van der Waals surface area contributed by atoms with Crippen LogP contribution in [0.15, 0.2) is 24.4 Å². The van der Waals surface area contributed by atoms with Crippen molar-refractivity contribution < 1.29 is 19.1 Å². The Bertz CT molecular complexity index is 1190. The summed E-state index contributed by atoms with van der Waals surface area (Å²) in [7, 11) is 3.11. The van der Waals surface area contributed by atoms with E-state index in [-0.39, 0.29) is 12.1 Å². The number of fused-ring (bicyclic) bond motifs is 1. The molecule has 12 heteroatoms. The van der Waals surface area contributed by atoms with Gasteiger partial charge in [-0.2, -0.15) is 20.1 Å². The smallest absolute Gasteiger partial charge is 0.321 e. The monoisotopic (exact) mass is 496 g/mol. The van der Waals surface area contributed by atoms with Crippen molar-refractivity contribution in [2.45, 2.75) is 32.2 Å². The quantitative estimate of drug-likeness (QED) is 0.332. The van der Waals surface area contributed by atoms with E-state index in [0.717, 1.165) is 16.5 Å². The molecule has 3 aromatic rings. The van der Waals surface area contributed by atoms with Gasteiger partial charge < -0.3 is 24.6 Å². The van der Waals surface area contributed by atoms with Gasteiger partial charge in [-0.25, -0.2) is 0 Å². The van der Waals surface area contributed by atoms with Gasteiger partial charge in [0.2, 0.25) is 5.95 Å². The number of nitrogens with zero attached hydrogens (tertiary/aromatic N) is 6. The number of H-pyrrole nitrogens is 1. The number of ether oxygens (including phenoxy) is 2. The molecule has 0 bridgehead atoms. The van der Waals surface area contributed by atoms with Crippen LogP contribution < -0.4 is 15.0 Å². The van der Waals surface area contributed by atoms with Crippen LogP contribution in [0, 0.1) is 0 Å². The van der Waals surface area contributed by atoms with Crippen molar-refractivity contribution in [2.24, 2.45) is 0 Å². The van der Waals surface area contributed by atoms with Gasteiger partial charge in [-0.15, -0.1) is 0 Å². The number of aromatic nitrogens is 5. The topological polar surface area (TPSA) is 138 Å². The van der Waals surface area contributed by atoms with Crippen molar-refractivity contribution >= 4 is 28.7 Å². The van der Waals surface area contributed by atoms with Crippen molar-refractivity contribution in [2.75, 3.05) is 51.9 Å². The zero-order valence-corrected chi connectivity index (χ0v) is 20.9. The van der Waals surface area contributed by atoms with Crippen LogP contribution in [0.3, 0.4) is 0 Å². The van der Waals surface area contributed by atoms with E-state index >= 15 is 0 Å². The summed E-state index contributed by atoms with van der Waals surface area (Å²) in [5.41, 5.74) is 1.73. The Labute approximate surface area is 209 Å². The van der Waals surface area contributed by atoms with Crippen molar-refractivity contribution in [3.8, 4) is 17.4 Å². The predicted molar refractivity (Wildman–Crippen MR) is 134 cm³/mol. The summed E-state index contributed by atoms with van der Waals surface area (Å²) < 4.78 is 11.4. The second-order valence-corrected chi connectivity index (χ2v) is 8.75. The zero-order chi connectivity index (χ0) is 25.5. The van der Waals surface area contributed by atoms with Gasteiger partial charge in [0, 0.05) is 44.2 Å². The van der Waals surface area contributed by atoms with Crippen LogP contribution in [0.4, 0.5) is 5.95 Å². The number of morpholine rings is 1. The lowest BCUT2D eigenvalue weighted by Crippen LogP contribution is -2.44. The Balaban J connectivity index is 1.46. The molecule has 1 atom stereocenters. The van der Waals surface area contributed by atoms with Crippen molar-refractivity contribution in [3.63, 3.8) is 0 Å². The molecule has 36 heavy (non-hydrogen) atoms. The molecule has 2 aromatic heterocycles. The Kier molecular flexibility index (Phi) is 8.26. The van der Waals surface area contributed by atoms with Gasteiger partial charge >= 0.3 is 17.8 Å². The molecule has 0 unspecified atom stereocenters.